The smallest absolute Gasteiger partial charge is 0.198 e. The Hall–Kier alpha value is -1.86. The van der Waals surface area contributed by atoms with Crippen molar-refractivity contribution >= 4 is 33.3 Å². The summed E-state index contributed by atoms with van der Waals surface area (Å²) >= 11 is 3.51. The lowest BCUT2D eigenvalue weighted by atomic mass is 10.3. The third kappa shape index (κ3) is 2.41. The highest BCUT2D eigenvalue weighted by atomic mass is 79.9. The molecule has 7 heteroatoms. The molecule has 104 valence electrons. The molecule has 3 rings (SSSR count). The molecule has 0 fully saturated rings. The highest BCUT2D eigenvalue weighted by Crippen LogP contribution is 2.21. The molecule has 0 aliphatic heterocycles. The van der Waals surface area contributed by atoms with E-state index in [1.54, 1.807) is 4.52 Å². The molecule has 3 aromatic rings. The highest BCUT2D eigenvalue weighted by molar-refractivity contribution is 9.10. The van der Waals surface area contributed by atoms with Gasteiger partial charge in [0.15, 0.2) is 17.3 Å². The van der Waals surface area contributed by atoms with E-state index in [4.69, 9.17) is 10.2 Å². The van der Waals surface area contributed by atoms with Crippen LogP contribution in [0.2, 0.25) is 0 Å². The zero-order valence-corrected chi connectivity index (χ0v) is 12.5. The van der Waals surface area contributed by atoms with Gasteiger partial charge in [-0.05, 0) is 47.6 Å². The second-order valence-corrected chi connectivity index (χ2v) is 5.16. The number of rotatable bonds is 4. The van der Waals surface area contributed by atoms with E-state index >= 15 is 0 Å². The Morgan fingerprint density at radius 3 is 2.90 bits per heavy atom. The minimum absolute atomic E-state index is 0.555. The Bertz CT molecular complexity index is 748. The number of imidazole rings is 1. The first-order valence-corrected chi connectivity index (χ1v) is 7.04. The molecule has 0 unspecified atom stereocenters. The summed E-state index contributed by atoms with van der Waals surface area (Å²) < 4.78 is 8.04. The third-order valence-electron chi connectivity index (χ3n) is 2.86. The van der Waals surface area contributed by atoms with Crippen molar-refractivity contribution < 1.29 is 4.42 Å². The molecule has 0 aliphatic rings. The van der Waals surface area contributed by atoms with Crippen molar-refractivity contribution in [1.29, 1.82) is 0 Å². The summed E-state index contributed by atoms with van der Waals surface area (Å²) in [5, 5.41) is 7.59. The van der Waals surface area contributed by atoms with Gasteiger partial charge in [0.25, 0.3) is 0 Å². The van der Waals surface area contributed by atoms with Crippen molar-refractivity contribution in [3.05, 3.63) is 40.3 Å². The number of nitrogens with two attached hydrogens (primary N) is 1. The van der Waals surface area contributed by atoms with E-state index in [1.165, 1.54) is 0 Å². The fraction of sp³-hybridized carbons (Fsp3) is 0.231. The van der Waals surface area contributed by atoms with Gasteiger partial charge in [-0.2, -0.15) is 0 Å². The van der Waals surface area contributed by atoms with Crippen molar-refractivity contribution in [3.63, 3.8) is 0 Å². The summed E-state index contributed by atoms with van der Waals surface area (Å²) in [5.74, 6) is 2.19. The topological polar surface area (TPSA) is 81.4 Å². The number of fused-ring (bicyclic) bond motifs is 1. The van der Waals surface area contributed by atoms with E-state index in [9.17, 15) is 0 Å². The van der Waals surface area contributed by atoms with Crippen LogP contribution in [0.25, 0.3) is 5.65 Å². The minimum Gasteiger partial charge on any atom is -0.446 e. The maximum Gasteiger partial charge on any atom is 0.198 e. The van der Waals surface area contributed by atoms with E-state index in [2.05, 4.69) is 31.3 Å². The van der Waals surface area contributed by atoms with Gasteiger partial charge in [0, 0.05) is 12.5 Å². The van der Waals surface area contributed by atoms with Crippen molar-refractivity contribution in [2.75, 3.05) is 11.9 Å². The normalized spacial score (nSPS) is 11.2. The van der Waals surface area contributed by atoms with E-state index in [0.717, 1.165) is 21.7 Å². The van der Waals surface area contributed by atoms with Crippen molar-refractivity contribution in [3.8, 4) is 0 Å². The molecule has 6 nitrogen and oxygen atoms in total. The summed E-state index contributed by atoms with van der Waals surface area (Å²) in [6.07, 6.45) is 0.712. The number of anilines is 2. The number of aromatic nitrogens is 3. The number of hydrogen-bond donors (Lipinski definition) is 2. The average molecular weight is 336 g/mol. The summed E-state index contributed by atoms with van der Waals surface area (Å²) in [6, 6.07) is 7.52. The molecule has 20 heavy (non-hydrogen) atoms. The monoisotopic (exact) mass is 335 g/mol. The fourth-order valence-electron chi connectivity index (χ4n) is 1.94. The Morgan fingerprint density at radius 1 is 1.35 bits per heavy atom. The quantitative estimate of drug-likeness (QED) is 0.765. The molecule has 0 aromatic carbocycles. The summed E-state index contributed by atoms with van der Waals surface area (Å²) in [7, 11) is 0. The van der Waals surface area contributed by atoms with Crippen molar-refractivity contribution in [2.45, 2.75) is 13.3 Å². The van der Waals surface area contributed by atoms with Crippen LogP contribution in [0.3, 0.4) is 0 Å². The van der Waals surface area contributed by atoms with Gasteiger partial charge in [-0.25, -0.2) is 9.50 Å². The molecule has 3 N–H and O–H groups in total. The second kappa shape index (κ2) is 5.26. The van der Waals surface area contributed by atoms with Crippen LogP contribution in [-0.2, 0) is 6.42 Å². The van der Waals surface area contributed by atoms with Gasteiger partial charge in [0.1, 0.15) is 10.4 Å². The molecule has 0 amide bonds. The van der Waals surface area contributed by atoms with Gasteiger partial charge in [-0.1, -0.05) is 0 Å². The first kappa shape index (κ1) is 13.1. The lowest BCUT2D eigenvalue weighted by Crippen LogP contribution is -2.03. The van der Waals surface area contributed by atoms with E-state index in [1.807, 2.05) is 31.2 Å². The third-order valence-corrected chi connectivity index (χ3v) is 3.65. The fourth-order valence-corrected chi connectivity index (χ4v) is 2.49. The van der Waals surface area contributed by atoms with E-state index in [-0.39, 0.29) is 0 Å². The molecule has 0 atom stereocenters. The van der Waals surface area contributed by atoms with Gasteiger partial charge >= 0.3 is 0 Å². The number of furan rings is 1. The van der Waals surface area contributed by atoms with Gasteiger partial charge in [-0.15, -0.1) is 5.10 Å². The number of halogens is 1. The molecular formula is C13H14BrN5O. The Balaban J connectivity index is 1.95. The van der Waals surface area contributed by atoms with Crippen molar-refractivity contribution in [2.24, 2.45) is 5.73 Å². The molecule has 0 bridgehead atoms. The molecular weight excluding hydrogens is 322 g/mol. The highest BCUT2D eigenvalue weighted by Gasteiger charge is 2.11. The molecule has 0 saturated carbocycles. The molecule has 0 spiro atoms. The number of aryl methyl sites for hydroxylation is 1. The maximum absolute atomic E-state index is 5.57. The maximum atomic E-state index is 5.57. The largest absolute Gasteiger partial charge is 0.446 e. The van der Waals surface area contributed by atoms with Gasteiger partial charge in [-0.3, -0.25) is 0 Å². The Labute approximate surface area is 124 Å². The van der Waals surface area contributed by atoms with Gasteiger partial charge < -0.3 is 15.5 Å². The van der Waals surface area contributed by atoms with Gasteiger partial charge in [0.05, 0.1) is 5.69 Å². The van der Waals surface area contributed by atoms with Crippen LogP contribution in [0, 0.1) is 6.92 Å². The number of hydrogen-bond acceptors (Lipinski definition) is 5. The summed E-state index contributed by atoms with van der Waals surface area (Å²) in [5.41, 5.74) is 7.26. The molecule has 0 radical (unpaired) electrons. The van der Waals surface area contributed by atoms with Crippen LogP contribution in [-0.4, -0.2) is 21.1 Å². The predicted octanol–water partition coefficient (Wildman–Crippen LogP) is 2.64. The Morgan fingerprint density at radius 2 is 2.20 bits per heavy atom. The summed E-state index contributed by atoms with van der Waals surface area (Å²) in [6.45, 7) is 2.45. The first-order valence-electron chi connectivity index (χ1n) is 6.25. The standard InChI is InChI=1S/C13H14BrN5O/c1-8-2-5-12(20-8)17-10-3-4-11-16-9(6-7-15)13(14)19(11)18-10/h2-5H,6-7,15H2,1H3,(H,17,18). The van der Waals surface area contributed by atoms with Crippen LogP contribution < -0.4 is 11.1 Å². The van der Waals surface area contributed by atoms with Crippen LogP contribution in [0.4, 0.5) is 11.7 Å². The minimum atomic E-state index is 0.555. The lowest BCUT2D eigenvalue weighted by molar-refractivity contribution is 0.550. The van der Waals surface area contributed by atoms with Crippen LogP contribution in [0.15, 0.2) is 33.3 Å². The molecule has 3 aromatic heterocycles. The van der Waals surface area contributed by atoms with E-state index < -0.39 is 0 Å². The SMILES string of the molecule is Cc1ccc(Nc2ccc3nc(CCN)c(Br)n3n2)o1. The van der Waals surface area contributed by atoms with Crippen molar-refractivity contribution in [1.82, 2.24) is 14.6 Å². The zero-order chi connectivity index (χ0) is 14.1. The lowest BCUT2D eigenvalue weighted by Gasteiger charge is -2.02. The molecule has 0 saturated heterocycles. The average Bonchev–Trinajstić information content (AvgIpc) is 2.96. The van der Waals surface area contributed by atoms with Crippen LogP contribution in [0.5, 0.6) is 0 Å². The van der Waals surface area contributed by atoms with Crippen LogP contribution in [0.1, 0.15) is 11.5 Å². The van der Waals surface area contributed by atoms with E-state index in [0.29, 0.717) is 24.7 Å². The second-order valence-electron chi connectivity index (χ2n) is 4.41. The molecule has 3 heterocycles. The zero-order valence-electron chi connectivity index (χ0n) is 10.9. The molecule has 0 aliphatic carbocycles. The summed E-state index contributed by atoms with van der Waals surface area (Å²) in [4.78, 5) is 4.48. The Kier molecular flexibility index (Phi) is 3.45. The van der Waals surface area contributed by atoms with Gasteiger partial charge in [0.2, 0.25) is 0 Å². The first-order chi connectivity index (χ1) is 9.67. The number of nitrogens with zero attached hydrogens (tertiary/aromatic N) is 3. The van der Waals surface area contributed by atoms with Crippen LogP contribution >= 0.6 is 15.9 Å². The number of nitrogens with one attached hydrogen (secondary N) is 1. The predicted molar refractivity (Wildman–Crippen MR) is 80.2 cm³/mol.